The van der Waals surface area contributed by atoms with Gasteiger partial charge in [0.25, 0.3) is 0 Å². The Bertz CT molecular complexity index is 478. The Morgan fingerprint density at radius 3 is 2.61 bits per heavy atom. The summed E-state index contributed by atoms with van der Waals surface area (Å²) in [5, 5.41) is 6.54. The van der Waals surface area contributed by atoms with E-state index in [0.717, 1.165) is 55.7 Å². The van der Waals surface area contributed by atoms with E-state index in [1.54, 1.807) is 14.2 Å². The molecule has 0 saturated heterocycles. The molecule has 0 aliphatic heterocycles. The Kier molecular flexibility index (Phi) is 9.63. The van der Waals surface area contributed by atoms with Crippen LogP contribution in [-0.4, -0.2) is 46.5 Å². The number of hydrogen-bond donors (Lipinski definition) is 2. The monoisotopic (exact) mass is 323 g/mol. The number of rotatable bonds is 10. The maximum absolute atomic E-state index is 5.40. The Morgan fingerprint density at radius 1 is 1.13 bits per heavy atom. The van der Waals surface area contributed by atoms with E-state index in [1.165, 1.54) is 0 Å². The van der Waals surface area contributed by atoms with Gasteiger partial charge in [0.1, 0.15) is 11.5 Å². The molecule has 2 N–H and O–H groups in total. The van der Waals surface area contributed by atoms with Crippen LogP contribution >= 0.6 is 0 Å². The summed E-state index contributed by atoms with van der Waals surface area (Å²) in [4.78, 5) is 4.60. The van der Waals surface area contributed by atoms with E-state index in [1.807, 2.05) is 32.0 Å². The van der Waals surface area contributed by atoms with Crippen LogP contribution in [0.2, 0.25) is 0 Å². The van der Waals surface area contributed by atoms with E-state index < -0.39 is 0 Å². The quantitative estimate of drug-likeness (QED) is 0.392. The molecule has 0 amide bonds. The summed E-state index contributed by atoms with van der Waals surface area (Å²) in [5.41, 5.74) is 1.01. The van der Waals surface area contributed by atoms with Crippen molar-refractivity contribution in [2.75, 3.05) is 40.5 Å². The van der Waals surface area contributed by atoms with E-state index in [0.29, 0.717) is 6.54 Å². The maximum Gasteiger partial charge on any atom is 0.191 e. The number of hydrogen-bond acceptors (Lipinski definition) is 4. The van der Waals surface area contributed by atoms with Crippen molar-refractivity contribution in [1.29, 1.82) is 0 Å². The third-order valence-electron chi connectivity index (χ3n) is 3.21. The van der Waals surface area contributed by atoms with Gasteiger partial charge in [0, 0.05) is 37.9 Å². The van der Waals surface area contributed by atoms with Gasteiger partial charge in [-0.25, -0.2) is 4.99 Å². The molecule has 0 fully saturated rings. The highest BCUT2D eigenvalue weighted by atomic mass is 16.5. The third kappa shape index (κ3) is 7.23. The van der Waals surface area contributed by atoms with Crippen LogP contribution < -0.4 is 20.1 Å². The van der Waals surface area contributed by atoms with Gasteiger partial charge in [0.2, 0.25) is 0 Å². The number of nitrogens with one attached hydrogen (secondary N) is 2. The summed E-state index contributed by atoms with van der Waals surface area (Å²) in [7, 11) is 3.29. The standard InChI is InChI=1S/C17H29N3O3/c1-5-18-17(19-10-7-11-23-6-2)20-13-14-8-9-15(21-3)12-16(14)22-4/h8-9,12H,5-7,10-11,13H2,1-4H3,(H2,18,19,20). The van der Waals surface area contributed by atoms with E-state index in [9.17, 15) is 0 Å². The van der Waals surface area contributed by atoms with Gasteiger partial charge in [0.05, 0.1) is 20.8 Å². The van der Waals surface area contributed by atoms with Crippen molar-refractivity contribution in [1.82, 2.24) is 10.6 Å². The number of methoxy groups -OCH3 is 2. The molecule has 1 aromatic carbocycles. The number of guanidine groups is 1. The second-order valence-electron chi connectivity index (χ2n) is 4.85. The lowest BCUT2D eigenvalue weighted by Crippen LogP contribution is -2.38. The molecule has 1 rings (SSSR count). The molecule has 0 heterocycles. The highest BCUT2D eigenvalue weighted by Crippen LogP contribution is 2.25. The molecule has 0 unspecified atom stereocenters. The Labute approximate surface area is 139 Å². The van der Waals surface area contributed by atoms with Gasteiger partial charge in [-0.2, -0.15) is 0 Å². The summed E-state index contributed by atoms with van der Waals surface area (Å²) in [6.07, 6.45) is 0.949. The van der Waals surface area contributed by atoms with Crippen molar-refractivity contribution < 1.29 is 14.2 Å². The third-order valence-corrected chi connectivity index (χ3v) is 3.21. The SMILES string of the molecule is CCNC(=NCc1ccc(OC)cc1OC)NCCCOCC. The second kappa shape index (κ2) is 11.6. The van der Waals surface area contributed by atoms with Crippen molar-refractivity contribution in [3.05, 3.63) is 23.8 Å². The minimum atomic E-state index is 0.536. The van der Waals surface area contributed by atoms with Gasteiger partial charge in [0.15, 0.2) is 5.96 Å². The summed E-state index contributed by atoms with van der Waals surface area (Å²) in [6.45, 7) is 7.74. The fraction of sp³-hybridized carbons (Fsp3) is 0.588. The number of benzene rings is 1. The molecular formula is C17H29N3O3. The van der Waals surface area contributed by atoms with Crippen LogP contribution in [0.5, 0.6) is 11.5 Å². The van der Waals surface area contributed by atoms with Gasteiger partial charge < -0.3 is 24.8 Å². The molecule has 0 aliphatic carbocycles. The smallest absolute Gasteiger partial charge is 0.191 e. The minimum absolute atomic E-state index is 0.536. The Morgan fingerprint density at radius 2 is 1.96 bits per heavy atom. The molecule has 23 heavy (non-hydrogen) atoms. The molecule has 0 aromatic heterocycles. The van der Waals surface area contributed by atoms with Gasteiger partial charge in [-0.15, -0.1) is 0 Å². The van der Waals surface area contributed by atoms with Crippen LogP contribution in [0.25, 0.3) is 0 Å². The highest BCUT2D eigenvalue weighted by Gasteiger charge is 2.05. The molecule has 6 nitrogen and oxygen atoms in total. The Hall–Kier alpha value is -1.95. The van der Waals surface area contributed by atoms with Crippen LogP contribution in [0.4, 0.5) is 0 Å². The number of ether oxygens (including phenoxy) is 3. The highest BCUT2D eigenvalue weighted by molar-refractivity contribution is 5.79. The van der Waals surface area contributed by atoms with Gasteiger partial charge in [-0.05, 0) is 32.4 Å². The molecule has 0 atom stereocenters. The van der Waals surface area contributed by atoms with Crippen molar-refractivity contribution in [2.24, 2.45) is 4.99 Å². The molecule has 6 heteroatoms. The van der Waals surface area contributed by atoms with E-state index in [2.05, 4.69) is 15.6 Å². The fourth-order valence-electron chi connectivity index (χ4n) is 2.01. The zero-order valence-electron chi connectivity index (χ0n) is 14.6. The van der Waals surface area contributed by atoms with Gasteiger partial charge in [-0.1, -0.05) is 0 Å². The van der Waals surface area contributed by atoms with Crippen molar-refractivity contribution in [3.8, 4) is 11.5 Å². The summed E-state index contributed by atoms with van der Waals surface area (Å²) in [5.74, 6) is 2.35. The molecule has 0 saturated carbocycles. The molecular weight excluding hydrogens is 294 g/mol. The number of aliphatic imine (C=N–C) groups is 1. The van der Waals surface area contributed by atoms with Gasteiger partial charge in [-0.3, -0.25) is 0 Å². The summed E-state index contributed by atoms with van der Waals surface area (Å²) >= 11 is 0. The first-order chi connectivity index (χ1) is 11.2. The van der Waals surface area contributed by atoms with Crippen molar-refractivity contribution in [2.45, 2.75) is 26.8 Å². The van der Waals surface area contributed by atoms with Crippen LogP contribution in [0.1, 0.15) is 25.8 Å². The normalized spacial score (nSPS) is 11.2. The lowest BCUT2D eigenvalue weighted by molar-refractivity contribution is 0.145. The first-order valence-electron chi connectivity index (χ1n) is 8.05. The molecule has 0 radical (unpaired) electrons. The zero-order valence-corrected chi connectivity index (χ0v) is 14.6. The van der Waals surface area contributed by atoms with Crippen LogP contribution in [0, 0.1) is 0 Å². The largest absolute Gasteiger partial charge is 0.497 e. The van der Waals surface area contributed by atoms with E-state index >= 15 is 0 Å². The predicted octanol–water partition coefficient (Wildman–Crippen LogP) is 2.19. The lowest BCUT2D eigenvalue weighted by Gasteiger charge is -2.12. The Balaban J connectivity index is 2.62. The molecule has 0 aliphatic rings. The molecule has 0 spiro atoms. The minimum Gasteiger partial charge on any atom is -0.497 e. The maximum atomic E-state index is 5.40. The molecule has 130 valence electrons. The van der Waals surface area contributed by atoms with Crippen molar-refractivity contribution in [3.63, 3.8) is 0 Å². The zero-order chi connectivity index (χ0) is 16.9. The predicted molar refractivity (Wildman–Crippen MR) is 93.5 cm³/mol. The molecule has 0 bridgehead atoms. The topological polar surface area (TPSA) is 64.1 Å². The molecule has 1 aromatic rings. The summed E-state index contributed by atoms with van der Waals surface area (Å²) in [6, 6.07) is 5.75. The first-order valence-corrected chi connectivity index (χ1v) is 8.05. The average molecular weight is 323 g/mol. The van der Waals surface area contributed by atoms with Crippen LogP contribution in [-0.2, 0) is 11.3 Å². The van der Waals surface area contributed by atoms with Crippen LogP contribution in [0.15, 0.2) is 23.2 Å². The fourth-order valence-corrected chi connectivity index (χ4v) is 2.01. The van der Waals surface area contributed by atoms with Crippen molar-refractivity contribution >= 4 is 5.96 Å². The van der Waals surface area contributed by atoms with E-state index in [4.69, 9.17) is 14.2 Å². The lowest BCUT2D eigenvalue weighted by atomic mass is 10.2. The summed E-state index contributed by atoms with van der Waals surface area (Å²) < 4.78 is 15.9. The first kappa shape index (κ1) is 19.1. The number of nitrogens with zero attached hydrogens (tertiary/aromatic N) is 1. The van der Waals surface area contributed by atoms with E-state index in [-0.39, 0.29) is 0 Å². The average Bonchev–Trinajstić information content (AvgIpc) is 2.59. The van der Waals surface area contributed by atoms with Crippen LogP contribution in [0.3, 0.4) is 0 Å². The second-order valence-corrected chi connectivity index (χ2v) is 4.85. The van der Waals surface area contributed by atoms with Gasteiger partial charge >= 0.3 is 0 Å².